The van der Waals surface area contributed by atoms with Gasteiger partial charge in [-0.15, -0.1) is 0 Å². The van der Waals surface area contributed by atoms with Gasteiger partial charge in [0.1, 0.15) is 0 Å². The maximum absolute atomic E-state index is 9.72. The lowest BCUT2D eigenvalue weighted by Crippen LogP contribution is -2.46. The summed E-state index contributed by atoms with van der Waals surface area (Å²) in [7, 11) is 0. The van der Waals surface area contributed by atoms with Crippen LogP contribution in [-0.2, 0) is 0 Å². The van der Waals surface area contributed by atoms with Crippen molar-refractivity contribution in [3.8, 4) is 0 Å². The van der Waals surface area contributed by atoms with E-state index in [1.54, 1.807) is 0 Å². The third-order valence-corrected chi connectivity index (χ3v) is 4.88. The number of rotatable bonds is 9. The average molecular weight is 299 g/mol. The van der Waals surface area contributed by atoms with Gasteiger partial charge in [0.25, 0.3) is 0 Å². The molecule has 2 atom stereocenters. The smallest absolute Gasteiger partial charge is 0.0541 e. The Hall–Kier alpha value is -0.120. The van der Waals surface area contributed by atoms with Crippen LogP contribution in [0.15, 0.2) is 0 Å². The second-order valence-corrected chi connectivity index (χ2v) is 7.94. The molecule has 1 heterocycles. The monoisotopic (exact) mass is 298 g/mol. The summed E-state index contributed by atoms with van der Waals surface area (Å²) in [6, 6.07) is 0. The Balaban J connectivity index is 2.42. The minimum absolute atomic E-state index is 0.137. The third kappa shape index (κ3) is 7.12. The Bertz CT molecular complexity index is 272. The molecule has 0 aliphatic carbocycles. The molecule has 21 heavy (non-hydrogen) atoms. The fourth-order valence-corrected chi connectivity index (χ4v) is 3.62. The molecule has 0 spiro atoms. The van der Waals surface area contributed by atoms with Gasteiger partial charge in [0.05, 0.1) is 6.10 Å². The van der Waals surface area contributed by atoms with Crippen LogP contribution < -0.4 is 5.32 Å². The number of hydrogen-bond donors (Lipinski definition) is 2. The zero-order valence-electron chi connectivity index (χ0n) is 15.0. The number of nitrogens with zero attached hydrogens (tertiary/aromatic N) is 1. The molecule has 126 valence electrons. The molecule has 0 radical (unpaired) electrons. The zero-order valence-corrected chi connectivity index (χ0v) is 15.0. The summed E-state index contributed by atoms with van der Waals surface area (Å²) in [6.07, 6.45) is 4.71. The van der Waals surface area contributed by atoms with E-state index in [0.717, 1.165) is 44.9 Å². The van der Waals surface area contributed by atoms with Crippen LogP contribution in [0.2, 0.25) is 0 Å². The van der Waals surface area contributed by atoms with Gasteiger partial charge in [-0.2, -0.15) is 0 Å². The van der Waals surface area contributed by atoms with Crippen molar-refractivity contribution < 1.29 is 5.11 Å². The van der Waals surface area contributed by atoms with Crippen LogP contribution in [0.5, 0.6) is 0 Å². The van der Waals surface area contributed by atoms with Crippen LogP contribution in [0.3, 0.4) is 0 Å². The maximum atomic E-state index is 9.72. The Labute approximate surface area is 132 Å². The van der Waals surface area contributed by atoms with Gasteiger partial charge in [-0.05, 0) is 63.1 Å². The molecule has 2 unspecified atom stereocenters. The summed E-state index contributed by atoms with van der Waals surface area (Å²) < 4.78 is 0. The predicted octanol–water partition coefficient (Wildman–Crippen LogP) is 3.13. The van der Waals surface area contributed by atoms with Gasteiger partial charge in [-0.25, -0.2) is 0 Å². The van der Waals surface area contributed by atoms with Gasteiger partial charge in [-0.3, -0.25) is 0 Å². The Morgan fingerprint density at radius 1 is 1.24 bits per heavy atom. The van der Waals surface area contributed by atoms with Crippen molar-refractivity contribution >= 4 is 0 Å². The summed E-state index contributed by atoms with van der Waals surface area (Å²) in [5, 5.41) is 13.4. The van der Waals surface area contributed by atoms with E-state index in [4.69, 9.17) is 0 Å². The number of likely N-dealkylation sites (tertiary alicyclic amines) is 1. The van der Waals surface area contributed by atoms with Crippen molar-refractivity contribution in [1.29, 1.82) is 0 Å². The van der Waals surface area contributed by atoms with E-state index in [1.165, 1.54) is 19.4 Å². The van der Waals surface area contributed by atoms with E-state index in [-0.39, 0.29) is 6.10 Å². The van der Waals surface area contributed by atoms with Crippen LogP contribution in [-0.4, -0.2) is 48.8 Å². The molecular weight excluding hydrogens is 260 g/mol. The van der Waals surface area contributed by atoms with Crippen molar-refractivity contribution in [3.63, 3.8) is 0 Å². The molecule has 3 nitrogen and oxygen atoms in total. The molecule has 1 aliphatic heterocycles. The van der Waals surface area contributed by atoms with Crippen molar-refractivity contribution in [2.75, 3.05) is 32.7 Å². The lowest BCUT2D eigenvalue weighted by Gasteiger charge is -2.40. The van der Waals surface area contributed by atoms with Crippen LogP contribution in [0, 0.1) is 17.3 Å². The van der Waals surface area contributed by atoms with E-state index in [0.29, 0.717) is 11.3 Å². The minimum atomic E-state index is -0.137. The molecule has 2 N–H and O–H groups in total. The van der Waals surface area contributed by atoms with Crippen molar-refractivity contribution in [2.45, 2.75) is 66.4 Å². The Kier molecular flexibility index (Phi) is 8.22. The van der Waals surface area contributed by atoms with Crippen molar-refractivity contribution in [3.05, 3.63) is 0 Å². The molecule has 1 aliphatic rings. The molecule has 0 aromatic rings. The number of piperidine rings is 1. The SMILES string of the molecule is CCCC(C)(CNCC(C)C)CN1CCC(C(C)O)CC1. The summed E-state index contributed by atoms with van der Waals surface area (Å²) in [5.74, 6) is 1.23. The van der Waals surface area contributed by atoms with Crippen LogP contribution in [0.1, 0.15) is 60.3 Å². The second-order valence-electron chi connectivity index (χ2n) is 7.94. The first kappa shape index (κ1) is 18.9. The summed E-state index contributed by atoms with van der Waals surface area (Å²) in [5.41, 5.74) is 0.376. The van der Waals surface area contributed by atoms with E-state index < -0.39 is 0 Å². The second kappa shape index (κ2) is 9.12. The van der Waals surface area contributed by atoms with E-state index >= 15 is 0 Å². The highest BCUT2D eigenvalue weighted by molar-refractivity contribution is 4.84. The van der Waals surface area contributed by atoms with Crippen molar-refractivity contribution in [1.82, 2.24) is 10.2 Å². The molecular formula is C18H38N2O. The molecule has 1 fully saturated rings. The normalized spacial score (nSPS) is 22.4. The number of hydrogen-bond acceptors (Lipinski definition) is 3. The third-order valence-electron chi connectivity index (χ3n) is 4.88. The topological polar surface area (TPSA) is 35.5 Å². The lowest BCUT2D eigenvalue weighted by atomic mass is 9.83. The molecule has 0 amide bonds. The first-order chi connectivity index (χ1) is 9.86. The zero-order chi connectivity index (χ0) is 15.9. The number of aliphatic hydroxyl groups is 1. The molecule has 3 heteroatoms. The lowest BCUT2D eigenvalue weighted by molar-refractivity contribution is 0.0533. The van der Waals surface area contributed by atoms with Crippen LogP contribution in [0.25, 0.3) is 0 Å². The highest BCUT2D eigenvalue weighted by atomic mass is 16.3. The molecule has 0 saturated carbocycles. The average Bonchev–Trinajstić information content (AvgIpc) is 2.38. The molecule has 0 aromatic carbocycles. The standard InChI is InChI=1S/C18H38N2O/c1-6-9-18(5,13-19-12-15(2)3)14-20-10-7-17(8-11-20)16(4)21/h15-17,19,21H,6-14H2,1-5H3. The molecule has 0 bridgehead atoms. The summed E-state index contributed by atoms with van der Waals surface area (Å²) in [6.45, 7) is 16.9. The maximum Gasteiger partial charge on any atom is 0.0541 e. The molecule has 1 saturated heterocycles. The quantitative estimate of drug-likeness (QED) is 0.686. The van der Waals surface area contributed by atoms with Gasteiger partial charge in [0.2, 0.25) is 0 Å². The van der Waals surface area contributed by atoms with Gasteiger partial charge < -0.3 is 15.3 Å². The largest absolute Gasteiger partial charge is 0.393 e. The summed E-state index contributed by atoms with van der Waals surface area (Å²) in [4.78, 5) is 2.62. The highest BCUT2D eigenvalue weighted by Gasteiger charge is 2.29. The minimum Gasteiger partial charge on any atom is -0.393 e. The van der Waals surface area contributed by atoms with Crippen LogP contribution in [0.4, 0.5) is 0 Å². The van der Waals surface area contributed by atoms with Crippen molar-refractivity contribution in [2.24, 2.45) is 17.3 Å². The van der Waals surface area contributed by atoms with E-state index in [1.807, 2.05) is 6.92 Å². The number of nitrogens with one attached hydrogen (secondary N) is 1. The molecule has 1 rings (SSSR count). The van der Waals surface area contributed by atoms with E-state index in [2.05, 4.69) is 37.9 Å². The van der Waals surface area contributed by atoms with E-state index in [9.17, 15) is 5.11 Å². The van der Waals surface area contributed by atoms with Crippen LogP contribution >= 0.6 is 0 Å². The van der Waals surface area contributed by atoms with Gasteiger partial charge in [0.15, 0.2) is 0 Å². The first-order valence-electron chi connectivity index (χ1n) is 8.97. The predicted molar refractivity (Wildman–Crippen MR) is 91.6 cm³/mol. The molecule has 0 aromatic heterocycles. The Morgan fingerprint density at radius 2 is 1.86 bits per heavy atom. The number of aliphatic hydroxyl groups excluding tert-OH is 1. The van der Waals surface area contributed by atoms with Gasteiger partial charge in [0, 0.05) is 13.1 Å². The fraction of sp³-hybridized carbons (Fsp3) is 1.00. The van der Waals surface area contributed by atoms with Gasteiger partial charge >= 0.3 is 0 Å². The Morgan fingerprint density at radius 3 is 2.33 bits per heavy atom. The summed E-state index contributed by atoms with van der Waals surface area (Å²) >= 11 is 0. The first-order valence-corrected chi connectivity index (χ1v) is 8.97. The van der Waals surface area contributed by atoms with Gasteiger partial charge in [-0.1, -0.05) is 34.1 Å². The fourth-order valence-electron chi connectivity index (χ4n) is 3.62. The highest BCUT2D eigenvalue weighted by Crippen LogP contribution is 2.27.